The Bertz CT molecular complexity index is 889. The van der Waals surface area contributed by atoms with Gasteiger partial charge in [0.2, 0.25) is 0 Å². The molecule has 0 saturated heterocycles. The number of aryl methyl sites for hydroxylation is 2. The molecule has 0 aliphatic rings. The number of rotatable bonds is 5. The van der Waals surface area contributed by atoms with Crippen molar-refractivity contribution >= 4 is 23.1 Å². The first kappa shape index (κ1) is 17.6. The molecular weight excluding hydrogens is 324 g/mol. The van der Waals surface area contributed by atoms with E-state index in [1.165, 1.54) is 6.33 Å². The van der Waals surface area contributed by atoms with Gasteiger partial charge in [0.25, 0.3) is 5.91 Å². The molecule has 3 rings (SSSR count). The number of nitrogens with one attached hydrogen (secondary N) is 1. The molecule has 1 N–H and O–H groups in total. The lowest BCUT2D eigenvalue weighted by Crippen LogP contribution is -2.20. The fourth-order valence-corrected chi connectivity index (χ4v) is 2.95. The topological polar surface area (TPSA) is 58.1 Å². The second-order valence-corrected chi connectivity index (χ2v) is 6.17. The van der Waals surface area contributed by atoms with E-state index < -0.39 is 0 Å². The third kappa shape index (κ3) is 4.06. The Kier molecular flexibility index (Phi) is 5.27. The molecule has 26 heavy (non-hydrogen) atoms. The van der Waals surface area contributed by atoms with Crippen molar-refractivity contribution in [3.63, 3.8) is 0 Å². The van der Waals surface area contributed by atoms with Gasteiger partial charge in [0.15, 0.2) is 0 Å². The van der Waals surface area contributed by atoms with E-state index in [4.69, 9.17) is 0 Å². The number of hydrogen-bond donors (Lipinski definition) is 1. The van der Waals surface area contributed by atoms with Gasteiger partial charge in [-0.15, -0.1) is 0 Å². The normalized spacial score (nSPS) is 10.4. The first-order chi connectivity index (χ1) is 12.6. The maximum Gasteiger partial charge on any atom is 0.274 e. The van der Waals surface area contributed by atoms with Gasteiger partial charge in [0.1, 0.15) is 17.8 Å². The molecule has 0 fully saturated rings. The average molecular weight is 346 g/mol. The number of amides is 1. The molecule has 1 amide bonds. The van der Waals surface area contributed by atoms with Crippen molar-refractivity contribution in [3.05, 3.63) is 77.7 Å². The highest BCUT2D eigenvalue weighted by molar-refractivity contribution is 6.03. The van der Waals surface area contributed by atoms with Crippen LogP contribution >= 0.6 is 0 Å². The minimum absolute atomic E-state index is 0.247. The molecule has 5 nitrogen and oxygen atoms in total. The quantitative estimate of drug-likeness (QED) is 0.739. The highest BCUT2D eigenvalue weighted by atomic mass is 16.1. The molecule has 0 atom stereocenters. The Hall–Kier alpha value is -3.21. The molecular formula is C21H22N4O. The molecule has 0 saturated carbocycles. The molecule has 1 heterocycles. The van der Waals surface area contributed by atoms with E-state index in [1.54, 1.807) is 6.07 Å². The van der Waals surface area contributed by atoms with Crippen LogP contribution in [0, 0.1) is 13.8 Å². The molecule has 132 valence electrons. The van der Waals surface area contributed by atoms with Crippen molar-refractivity contribution in [1.29, 1.82) is 0 Å². The van der Waals surface area contributed by atoms with Crippen LogP contribution in [0.4, 0.5) is 17.2 Å². The molecule has 2 aromatic carbocycles. The Morgan fingerprint density at radius 2 is 1.69 bits per heavy atom. The van der Waals surface area contributed by atoms with Gasteiger partial charge in [-0.2, -0.15) is 0 Å². The Balaban J connectivity index is 1.85. The van der Waals surface area contributed by atoms with Crippen molar-refractivity contribution in [2.24, 2.45) is 0 Å². The smallest absolute Gasteiger partial charge is 0.274 e. The highest BCUT2D eigenvalue weighted by Gasteiger charge is 2.14. The Morgan fingerprint density at radius 1 is 1.00 bits per heavy atom. The number of anilines is 3. The van der Waals surface area contributed by atoms with E-state index in [1.807, 2.05) is 68.1 Å². The van der Waals surface area contributed by atoms with Gasteiger partial charge in [0, 0.05) is 24.0 Å². The predicted molar refractivity (Wildman–Crippen MR) is 105 cm³/mol. The largest absolute Gasteiger partial charge is 0.327 e. The van der Waals surface area contributed by atoms with Gasteiger partial charge in [-0.05, 0) is 56.2 Å². The minimum Gasteiger partial charge on any atom is -0.327 e. The molecule has 5 heteroatoms. The van der Waals surface area contributed by atoms with Crippen molar-refractivity contribution in [3.8, 4) is 0 Å². The van der Waals surface area contributed by atoms with Crippen molar-refractivity contribution < 1.29 is 4.79 Å². The molecule has 3 aromatic rings. The Labute approximate surface area is 153 Å². The van der Waals surface area contributed by atoms with Crippen LogP contribution in [-0.4, -0.2) is 22.4 Å². The lowest BCUT2D eigenvalue weighted by Gasteiger charge is -2.22. The summed E-state index contributed by atoms with van der Waals surface area (Å²) in [5.41, 5.74) is 4.33. The summed E-state index contributed by atoms with van der Waals surface area (Å²) in [6, 6.07) is 17.6. The van der Waals surface area contributed by atoms with Crippen LogP contribution in [-0.2, 0) is 0 Å². The van der Waals surface area contributed by atoms with E-state index in [0.29, 0.717) is 11.5 Å². The fraction of sp³-hybridized carbons (Fsp3) is 0.190. The van der Waals surface area contributed by atoms with Crippen LogP contribution in [0.3, 0.4) is 0 Å². The lowest BCUT2D eigenvalue weighted by atomic mass is 10.1. The van der Waals surface area contributed by atoms with Crippen molar-refractivity contribution in [2.45, 2.75) is 20.8 Å². The molecule has 0 aliphatic carbocycles. The zero-order valence-electron chi connectivity index (χ0n) is 15.2. The summed E-state index contributed by atoms with van der Waals surface area (Å²) in [5.74, 6) is 0.446. The summed E-state index contributed by atoms with van der Waals surface area (Å²) in [6.07, 6.45) is 1.43. The molecule has 1 aromatic heterocycles. The first-order valence-electron chi connectivity index (χ1n) is 8.61. The van der Waals surface area contributed by atoms with Crippen LogP contribution in [0.15, 0.2) is 60.9 Å². The van der Waals surface area contributed by atoms with Gasteiger partial charge in [-0.1, -0.05) is 24.3 Å². The third-order valence-corrected chi connectivity index (χ3v) is 4.03. The highest BCUT2D eigenvalue weighted by Crippen LogP contribution is 2.23. The van der Waals surface area contributed by atoms with Crippen LogP contribution < -0.4 is 10.2 Å². The van der Waals surface area contributed by atoms with Crippen LogP contribution in [0.1, 0.15) is 28.5 Å². The minimum atomic E-state index is -0.247. The van der Waals surface area contributed by atoms with Crippen LogP contribution in [0.2, 0.25) is 0 Å². The number of carbonyl (C=O) groups excluding carboxylic acids is 1. The Morgan fingerprint density at radius 3 is 2.35 bits per heavy atom. The van der Waals surface area contributed by atoms with E-state index in [-0.39, 0.29) is 5.91 Å². The van der Waals surface area contributed by atoms with Crippen molar-refractivity contribution in [2.75, 3.05) is 16.8 Å². The number of benzene rings is 2. The summed E-state index contributed by atoms with van der Waals surface area (Å²) >= 11 is 0. The predicted octanol–water partition coefficient (Wildman–Crippen LogP) is 4.50. The monoisotopic (exact) mass is 346 g/mol. The zero-order valence-corrected chi connectivity index (χ0v) is 15.2. The molecule has 0 unspecified atom stereocenters. The average Bonchev–Trinajstić information content (AvgIpc) is 2.63. The zero-order chi connectivity index (χ0) is 18.5. The molecule has 0 spiro atoms. The SMILES string of the molecule is CCN(c1ccccc1)c1cc(C(=O)Nc2cc(C)cc(C)c2)ncn1. The maximum absolute atomic E-state index is 12.6. The summed E-state index contributed by atoms with van der Waals surface area (Å²) in [5, 5.41) is 2.92. The summed E-state index contributed by atoms with van der Waals surface area (Å²) in [6.45, 7) is 6.79. The maximum atomic E-state index is 12.6. The number of aromatic nitrogens is 2. The number of hydrogen-bond acceptors (Lipinski definition) is 4. The molecule has 0 radical (unpaired) electrons. The van der Waals surface area contributed by atoms with Crippen molar-refractivity contribution in [1.82, 2.24) is 9.97 Å². The summed E-state index contributed by atoms with van der Waals surface area (Å²) < 4.78 is 0. The van der Waals surface area contributed by atoms with Crippen LogP contribution in [0.5, 0.6) is 0 Å². The van der Waals surface area contributed by atoms with Crippen LogP contribution in [0.25, 0.3) is 0 Å². The van der Waals surface area contributed by atoms with E-state index in [2.05, 4.69) is 21.4 Å². The second-order valence-electron chi connectivity index (χ2n) is 6.17. The number of nitrogens with zero attached hydrogens (tertiary/aromatic N) is 3. The first-order valence-corrected chi connectivity index (χ1v) is 8.61. The van der Waals surface area contributed by atoms with Gasteiger partial charge in [0.05, 0.1) is 0 Å². The lowest BCUT2D eigenvalue weighted by molar-refractivity contribution is 0.102. The summed E-state index contributed by atoms with van der Waals surface area (Å²) in [4.78, 5) is 23.1. The van der Waals surface area contributed by atoms with E-state index in [0.717, 1.165) is 29.0 Å². The van der Waals surface area contributed by atoms with Gasteiger partial charge >= 0.3 is 0 Å². The van der Waals surface area contributed by atoms with E-state index in [9.17, 15) is 4.79 Å². The standard InChI is InChI=1S/C21H22N4O/c1-4-25(18-8-6-5-7-9-18)20-13-19(22-14-23-20)21(26)24-17-11-15(2)10-16(3)12-17/h5-14H,4H2,1-3H3,(H,24,26). The number of carbonyl (C=O) groups is 1. The second kappa shape index (κ2) is 7.78. The molecule has 0 bridgehead atoms. The van der Waals surface area contributed by atoms with Gasteiger partial charge in [-0.25, -0.2) is 9.97 Å². The third-order valence-electron chi connectivity index (χ3n) is 4.03. The fourth-order valence-electron chi connectivity index (χ4n) is 2.95. The molecule has 0 aliphatic heterocycles. The van der Waals surface area contributed by atoms with Gasteiger partial charge in [-0.3, -0.25) is 4.79 Å². The van der Waals surface area contributed by atoms with Gasteiger partial charge < -0.3 is 10.2 Å². The summed E-state index contributed by atoms with van der Waals surface area (Å²) in [7, 11) is 0. The van der Waals surface area contributed by atoms with E-state index >= 15 is 0 Å². The number of para-hydroxylation sites is 1.